The van der Waals surface area contributed by atoms with E-state index in [1.807, 2.05) is 16.6 Å². The molecular weight excluding hydrogens is 342 g/mol. The number of aromatic nitrogens is 4. The van der Waals surface area contributed by atoms with Crippen molar-refractivity contribution < 1.29 is 4.79 Å². The van der Waals surface area contributed by atoms with Gasteiger partial charge in [0, 0.05) is 25.6 Å². The smallest absolute Gasteiger partial charge is 0.237 e. The highest BCUT2D eigenvalue weighted by molar-refractivity contribution is 5.81. The number of carbonyl (C=O) groups excluding carboxylic acids is 1. The number of hydrogen-bond acceptors (Lipinski definition) is 6. The van der Waals surface area contributed by atoms with Crippen LogP contribution in [0.3, 0.4) is 0 Å². The summed E-state index contributed by atoms with van der Waals surface area (Å²) in [6.07, 6.45) is 6.43. The van der Waals surface area contributed by atoms with E-state index in [-0.39, 0.29) is 11.9 Å². The first kappa shape index (κ1) is 16.9. The van der Waals surface area contributed by atoms with Gasteiger partial charge in [0.1, 0.15) is 5.82 Å². The molecule has 0 spiro atoms. The molecule has 2 aromatic heterocycles. The van der Waals surface area contributed by atoms with Crippen molar-refractivity contribution >= 4 is 17.4 Å². The number of anilines is 1. The Morgan fingerprint density at radius 2 is 1.81 bits per heavy atom. The van der Waals surface area contributed by atoms with Crippen LogP contribution in [0.25, 0.3) is 5.65 Å². The van der Waals surface area contributed by atoms with Crippen molar-refractivity contribution in [3.63, 3.8) is 0 Å². The number of piperidine rings is 1. The van der Waals surface area contributed by atoms with Gasteiger partial charge < -0.3 is 10.2 Å². The van der Waals surface area contributed by atoms with Gasteiger partial charge in [0.2, 0.25) is 5.91 Å². The quantitative estimate of drug-likeness (QED) is 0.875. The Morgan fingerprint density at radius 1 is 0.963 bits per heavy atom. The summed E-state index contributed by atoms with van der Waals surface area (Å²) in [6, 6.07) is 4.10. The summed E-state index contributed by atoms with van der Waals surface area (Å²) in [7, 11) is 0. The molecule has 144 valence electrons. The molecule has 8 nitrogen and oxygen atoms in total. The van der Waals surface area contributed by atoms with Crippen molar-refractivity contribution in [3.05, 3.63) is 18.0 Å². The maximum absolute atomic E-state index is 12.3. The van der Waals surface area contributed by atoms with Crippen molar-refractivity contribution in [2.75, 3.05) is 37.6 Å². The maximum atomic E-state index is 12.3. The van der Waals surface area contributed by atoms with E-state index in [0.29, 0.717) is 5.92 Å². The van der Waals surface area contributed by atoms with Gasteiger partial charge in [-0.25, -0.2) is 0 Å². The highest BCUT2D eigenvalue weighted by Crippen LogP contribution is 2.29. The zero-order chi connectivity index (χ0) is 18.2. The van der Waals surface area contributed by atoms with Gasteiger partial charge in [-0.15, -0.1) is 15.3 Å². The van der Waals surface area contributed by atoms with Gasteiger partial charge in [-0.2, -0.15) is 4.52 Å². The van der Waals surface area contributed by atoms with E-state index < -0.39 is 0 Å². The fraction of sp³-hybridized carbons (Fsp3) is 0.684. The van der Waals surface area contributed by atoms with E-state index in [1.54, 1.807) is 0 Å². The molecule has 8 heteroatoms. The van der Waals surface area contributed by atoms with Crippen LogP contribution in [0.4, 0.5) is 5.82 Å². The second-order valence-corrected chi connectivity index (χ2v) is 7.97. The molecule has 1 unspecified atom stereocenters. The first-order valence-electron chi connectivity index (χ1n) is 10.3. The summed E-state index contributed by atoms with van der Waals surface area (Å²) in [5, 5.41) is 16.7. The Morgan fingerprint density at radius 3 is 2.59 bits per heavy atom. The molecule has 2 aromatic rings. The highest BCUT2D eigenvalue weighted by atomic mass is 16.2. The molecule has 0 saturated carbocycles. The minimum Gasteiger partial charge on any atom is -0.355 e. The van der Waals surface area contributed by atoms with Crippen LogP contribution in [0.2, 0.25) is 0 Å². The van der Waals surface area contributed by atoms with Crippen LogP contribution in [-0.4, -0.2) is 69.4 Å². The van der Waals surface area contributed by atoms with Crippen LogP contribution in [0, 0.1) is 0 Å². The van der Waals surface area contributed by atoms with E-state index in [0.717, 1.165) is 82.1 Å². The lowest BCUT2D eigenvalue weighted by atomic mass is 9.94. The van der Waals surface area contributed by atoms with Crippen molar-refractivity contribution in [2.24, 2.45) is 0 Å². The first-order chi connectivity index (χ1) is 13.3. The molecule has 1 N–H and O–H groups in total. The van der Waals surface area contributed by atoms with Crippen LogP contribution in [0.15, 0.2) is 12.1 Å². The largest absolute Gasteiger partial charge is 0.355 e. The number of nitrogens with one attached hydrogen (secondary N) is 1. The predicted molar refractivity (Wildman–Crippen MR) is 102 cm³/mol. The van der Waals surface area contributed by atoms with E-state index in [2.05, 4.69) is 25.3 Å². The third-order valence-corrected chi connectivity index (χ3v) is 6.29. The highest BCUT2D eigenvalue weighted by Gasteiger charge is 2.32. The Kier molecular flexibility index (Phi) is 4.43. The van der Waals surface area contributed by atoms with Crippen LogP contribution in [-0.2, 0) is 4.79 Å². The van der Waals surface area contributed by atoms with Gasteiger partial charge in [-0.3, -0.25) is 9.69 Å². The fourth-order valence-corrected chi connectivity index (χ4v) is 4.51. The Bertz CT molecular complexity index is 823. The molecular formula is C19H27N7O. The second kappa shape index (κ2) is 7.07. The van der Waals surface area contributed by atoms with Crippen LogP contribution in [0.5, 0.6) is 0 Å². The third-order valence-electron chi connectivity index (χ3n) is 6.29. The summed E-state index contributed by atoms with van der Waals surface area (Å²) in [6.45, 7) is 4.85. The third kappa shape index (κ3) is 3.16. The van der Waals surface area contributed by atoms with Crippen LogP contribution in [0.1, 0.15) is 50.3 Å². The Hall–Kier alpha value is -2.22. The molecule has 1 atom stereocenters. The van der Waals surface area contributed by atoms with Crippen molar-refractivity contribution in [3.8, 4) is 0 Å². The lowest BCUT2D eigenvalue weighted by molar-refractivity contribution is -0.126. The van der Waals surface area contributed by atoms with E-state index in [4.69, 9.17) is 5.10 Å². The summed E-state index contributed by atoms with van der Waals surface area (Å²) < 4.78 is 1.94. The number of fused-ring (bicyclic) bond motifs is 1. The average molecular weight is 369 g/mol. The zero-order valence-corrected chi connectivity index (χ0v) is 15.7. The van der Waals surface area contributed by atoms with Crippen molar-refractivity contribution in [1.29, 1.82) is 0 Å². The van der Waals surface area contributed by atoms with Gasteiger partial charge in [-0.1, -0.05) is 0 Å². The standard InChI is InChI=1S/C19H27N7O/c27-19-15(4-1-2-9-20-19)24-12-7-14(8-13-24)18-22-21-16-5-6-17(23-26(16)18)25-10-3-11-25/h5-6,14-15H,1-4,7-13H2,(H,20,27). The average Bonchev–Trinajstić information content (AvgIpc) is 2.94. The monoisotopic (exact) mass is 369 g/mol. The minimum absolute atomic E-state index is 0.0414. The predicted octanol–water partition coefficient (Wildman–Crippen LogP) is 1.18. The summed E-state index contributed by atoms with van der Waals surface area (Å²) >= 11 is 0. The molecule has 3 fully saturated rings. The maximum Gasteiger partial charge on any atom is 0.237 e. The van der Waals surface area contributed by atoms with Gasteiger partial charge in [0.15, 0.2) is 11.5 Å². The number of hydrogen-bond donors (Lipinski definition) is 1. The molecule has 3 saturated heterocycles. The lowest BCUT2D eigenvalue weighted by Crippen LogP contribution is -2.48. The first-order valence-corrected chi connectivity index (χ1v) is 10.3. The van der Waals surface area contributed by atoms with Crippen LogP contribution < -0.4 is 10.2 Å². The Labute approximate surface area is 158 Å². The van der Waals surface area contributed by atoms with E-state index >= 15 is 0 Å². The molecule has 0 aromatic carbocycles. The number of carbonyl (C=O) groups is 1. The molecule has 3 aliphatic heterocycles. The number of nitrogens with zero attached hydrogens (tertiary/aromatic N) is 6. The minimum atomic E-state index is 0.0414. The molecule has 27 heavy (non-hydrogen) atoms. The Balaban J connectivity index is 1.31. The van der Waals surface area contributed by atoms with Crippen molar-refractivity contribution in [2.45, 2.75) is 50.5 Å². The SMILES string of the molecule is O=C1NCCCCC1N1CCC(c2nnc3ccc(N4CCC4)nn23)CC1. The van der Waals surface area contributed by atoms with E-state index in [1.165, 1.54) is 6.42 Å². The van der Waals surface area contributed by atoms with Crippen LogP contribution >= 0.6 is 0 Å². The summed E-state index contributed by atoms with van der Waals surface area (Å²) in [5.41, 5.74) is 0.819. The summed E-state index contributed by atoms with van der Waals surface area (Å²) in [4.78, 5) is 17.0. The molecule has 5 rings (SSSR count). The molecule has 1 amide bonds. The second-order valence-electron chi connectivity index (χ2n) is 7.97. The van der Waals surface area contributed by atoms with Gasteiger partial charge in [0.25, 0.3) is 0 Å². The van der Waals surface area contributed by atoms with Gasteiger partial charge in [0.05, 0.1) is 6.04 Å². The van der Waals surface area contributed by atoms with E-state index in [9.17, 15) is 4.79 Å². The number of amides is 1. The van der Waals surface area contributed by atoms with Gasteiger partial charge in [-0.05, 0) is 63.7 Å². The zero-order valence-electron chi connectivity index (χ0n) is 15.7. The van der Waals surface area contributed by atoms with Crippen molar-refractivity contribution in [1.82, 2.24) is 30.0 Å². The van der Waals surface area contributed by atoms with Gasteiger partial charge >= 0.3 is 0 Å². The molecule has 3 aliphatic rings. The lowest BCUT2D eigenvalue weighted by Gasteiger charge is -2.35. The normalized spacial score (nSPS) is 25.3. The molecule has 0 radical (unpaired) electrons. The molecule has 5 heterocycles. The molecule has 0 aliphatic carbocycles. The molecule has 0 bridgehead atoms. The number of likely N-dealkylation sites (tertiary alicyclic amines) is 1. The summed E-state index contributed by atoms with van der Waals surface area (Å²) in [5.74, 6) is 2.55. The fourth-order valence-electron chi connectivity index (χ4n) is 4.51. The topological polar surface area (TPSA) is 78.7 Å². The number of rotatable bonds is 3.